The predicted molar refractivity (Wildman–Crippen MR) is 94.8 cm³/mol. The van der Waals surface area contributed by atoms with Crippen LogP contribution >= 0.6 is 0 Å². The monoisotopic (exact) mass is 374 g/mol. The Morgan fingerprint density at radius 3 is 2.37 bits per heavy atom. The molecule has 2 aromatic rings. The molecule has 140 valence electrons. The second kappa shape index (κ2) is 9.20. The molecule has 1 amide bonds. The second-order valence-corrected chi connectivity index (χ2v) is 5.14. The molecule has 0 bridgehead atoms. The highest BCUT2D eigenvalue weighted by molar-refractivity contribution is 6.09. The van der Waals surface area contributed by atoms with Crippen molar-refractivity contribution in [2.75, 3.05) is 19.5 Å². The summed E-state index contributed by atoms with van der Waals surface area (Å²) >= 11 is 0. The fourth-order valence-electron chi connectivity index (χ4n) is 2.16. The van der Waals surface area contributed by atoms with E-state index in [9.17, 15) is 18.8 Å². The van der Waals surface area contributed by atoms with E-state index >= 15 is 0 Å². The number of anilines is 1. The molecule has 8 heteroatoms. The first-order valence-corrected chi connectivity index (χ1v) is 7.67. The summed E-state index contributed by atoms with van der Waals surface area (Å²) in [7, 11) is 2.82. The van der Waals surface area contributed by atoms with Gasteiger partial charge in [-0.05, 0) is 48.0 Å². The number of ether oxygens (including phenoxy) is 3. The summed E-state index contributed by atoms with van der Waals surface area (Å²) in [5, 5.41) is 11.9. The number of hydrogen-bond acceptors (Lipinski definition) is 5. The summed E-state index contributed by atoms with van der Waals surface area (Å²) in [6.07, 6.45) is 1.31. The van der Waals surface area contributed by atoms with Crippen molar-refractivity contribution in [2.45, 2.75) is 6.61 Å². The maximum atomic E-state index is 12.4. The molecule has 6 nitrogen and oxygen atoms in total. The molecule has 0 fully saturated rings. The molecular weight excluding hydrogens is 358 g/mol. The van der Waals surface area contributed by atoms with Crippen molar-refractivity contribution in [3.63, 3.8) is 0 Å². The first-order valence-electron chi connectivity index (χ1n) is 7.67. The smallest absolute Gasteiger partial charge is 0.387 e. The number of halogens is 2. The van der Waals surface area contributed by atoms with Crippen LogP contribution in [0.4, 0.5) is 14.5 Å². The lowest BCUT2D eigenvalue weighted by Gasteiger charge is -2.10. The molecule has 0 aliphatic rings. The summed E-state index contributed by atoms with van der Waals surface area (Å²) < 4.78 is 39.1. The molecule has 0 unspecified atom stereocenters. The normalized spacial score (nSPS) is 10.9. The maximum Gasteiger partial charge on any atom is 0.387 e. The molecule has 0 radical (unpaired) electrons. The van der Waals surface area contributed by atoms with Crippen LogP contribution in [0.25, 0.3) is 6.08 Å². The first kappa shape index (κ1) is 19.7. The van der Waals surface area contributed by atoms with Gasteiger partial charge in [0.25, 0.3) is 5.91 Å². The molecule has 27 heavy (non-hydrogen) atoms. The molecule has 0 aliphatic carbocycles. The number of carbonyl (C=O) groups excluding carboxylic acids is 1. The van der Waals surface area contributed by atoms with E-state index in [1.807, 2.05) is 6.07 Å². The van der Waals surface area contributed by atoms with E-state index in [2.05, 4.69) is 10.1 Å². The quantitative estimate of drug-likeness (QED) is 0.588. The zero-order valence-electron chi connectivity index (χ0n) is 14.5. The van der Waals surface area contributed by atoms with E-state index in [4.69, 9.17) is 9.47 Å². The van der Waals surface area contributed by atoms with Gasteiger partial charge in [-0.3, -0.25) is 4.79 Å². The van der Waals surface area contributed by atoms with Crippen molar-refractivity contribution in [3.8, 4) is 23.3 Å². The summed E-state index contributed by atoms with van der Waals surface area (Å²) in [4.78, 5) is 12.3. The van der Waals surface area contributed by atoms with Gasteiger partial charge in [0.05, 0.1) is 14.2 Å². The Labute approximate surface area is 154 Å². The van der Waals surface area contributed by atoms with Crippen molar-refractivity contribution < 1.29 is 27.8 Å². The van der Waals surface area contributed by atoms with Crippen LogP contribution in [0.3, 0.4) is 0 Å². The fraction of sp³-hybridized carbons (Fsp3) is 0.158. The van der Waals surface area contributed by atoms with Gasteiger partial charge in [0, 0.05) is 5.69 Å². The van der Waals surface area contributed by atoms with Crippen LogP contribution < -0.4 is 19.5 Å². The van der Waals surface area contributed by atoms with E-state index in [1.165, 1.54) is 38.5 Å². The highest BCUT2D eigenvalue weighted by atomic mass is 19.3. The van der Waals surface area contributed by atoms with Crippen LogP contribution in [0, 0.1) is 11.3 Å². The second-order valence-electron chi connectivity index (χ2n) is 5.14. The van der Waals surface area contributed by atoms with Crippen LogP contribution in [-0.2, 0) is 4.79 Å². The Morgan fingerprint density at radius 2 is 1.81 bits per heavy atom. The van der Waals surface area contributed by atoms with Gasteiger partial charge in [0.2, 0.25) is 0 Å². The van der Waals surface area contributed by atoms with Crippen LogP contribution in [0.5, 0.6) is 17.2 Å². The average Bonchev–Trinajstić information content (AvgIpc) is 2.67. The third-order valence-electron chi connectivity index (χ3n) is 3.43. The maximum absolute atomic E-state index is 12.4. The molecule has 0 saturated heterocycles. The minimum Gasteiger partial charge on any atom is -0.497 e. The Hall–Kier alpha value is -3.60. The van der Waals surface area contributed by atoms with E-state index in [0.29, 0.717) is 17.0 Å². The van der Waals surface area contributed by atoms with Crippen molar-refractivity contribution in [2.24, 2.45) is 0 Å². The minimum absolute atomic E-state index is 0.0527. The summed E-state index contributed by atoms with van der Waals surface area (Å²) in [5.74, 6) is -0.0838. The number of nitrogens with zero attached hydrogens (tertiary/aromatic N) is 1. The molecule has 0 atom stereocenters. The zero-order chi connectivity index (χ0) is 19.8. The average molecular weight is 374 g/mol. The highest BCUT2D eigenvalue weighted by Crippen LogP contribution is 2.30. The van der Waals surface area contributed by atoms with E-state index in [0.717, 1.165) is 0 Å². The van der Waals surface area contributed by atoms with Gasteiger partial charge in [-0.2, -0.15) is 14.0 Å². The van der Waals surface area contributed by atoms with Crippen molar-refractivity contribution in [3.05, 3.63) is 53.6 Å². The first-order chi connectivity index (χ1) is 13.0. The Kier molecular flexibility index (Phi) is 6.72. The number of nitriles is 1. The van der Waals surface area contributed by atoms with Crippen LogP contribution in [-0.4, -0.2) is 26.7 Å². The molecule has 2 rings (SSSR count). The number of methoxy groups -OCH3 is 2. The largest absolute Gasteiger partial charge is 0.497 e. The zero-order valence-corrected chi connectivity index (χ0v) is 14.5. The minimum atomic E-state index is -3.00. The summed E-state index contributed by atoms with van der Waals surface area (Å²) in [5.41, 5.74) is 0.727. The van der Waals surface area contributed by atoms with Gasteiger partial charge < -0.3 is 19.5 Å². The van der Waals surface area contributed by atoms with Crippen molar-refractivity contribution in [1.29, 1.82) is 5.26 Å². The predicted octanol–water partition coefficient (Wildman–Crippen LogP) is 3.85. The molecule has 2 aromatic carbocycles. The Bertz CT molecular complexity index is 874. The molecule has 0 heterocycles. The number of alkyl halides is 2. The lowest BCUT2D eigenvalue weighted by Crippen LogP contribution is -2.13. The summed E-state index contributed by atoms with van der Waals surface area (Å²) in [6.45, 7) is -3.00. The Balaban J connectivity index is 2.21. The van der Waals surface area contributed by atoms with E-state index in [1.54, 1.807) is 24.3 Å². The molecule has 0 saturated carbocycles. The van der Waals surface area contributed by atoms with Crippen LogP contribution in [0.1, 0.15) is 5.56 Å². The standard InChI is InChI=1S/C19H16F2N2O4/c1-25-15-6-4-14(5-7-15)23-18(24)13(11-22)9-12-3-8-16(27-19(20)21)17(10-12)26-2/h3-10,19H,1-2H3,(H,23,24)/b13-9+. The molecular formula is C19H16F2N2O4. The SMILES string of the molecule is COc1ccc(NC(=O)/C(C#N)=C/c2ccc(OC(F)F)c(OC)c2)cc1. The number of amides is 1. The topological polar surface area (TPSA) is 80.6 Å². The molecule has 1 N–H and O–H groups in total. The number of hydrogen-bond donors (Lipinski definition) is 1. The van der Waals surface area contributed by atoms with Crippen LogP contribution in [0.2, 0.25) is 0 Å². The third kappa shape index (κ3) is 5.44. The number of rotatable bonds is 7. The van der Waals surface area contributed by atoms with Crippen molar-refractivity contribution >= 4 is 17.7 Å². The van der Waals surface area contributed by atoms with Gasteiger partial charge in [0.1, 0.15) is 17.4 Å². The van der Waals surface area contributed by atoms with E-state index in [-0.39, 0.29) is 17.1 Å². The number of benzene rings is 2. The molecule has 0 aliphatic heterocycles. The lowest BCUT2D eigenvalue weighted by molar-refractivity contribution is -0.112. The van der Waals surface area contributed by atoms with Crippen LogP contribution in [0.15, 0.2) is 48.0 Å². The lowest BCUT2D eigenvalue weighted by atomic mass is 10.1. The number of carbonyl (C=O) groups is 1. The molecule has 0 aromatic heterocycles. The van der Waals surface area contributed by atoms with Gasteiger partial charge in [-0.1, -0.05) is 6.07 Å². The fourth-order valence-corrected chi connectivity index (χ4v) is 2.16. The van der Waals surface area contributed by atoms with Gasteiger partial charge in [-0.25, -0.2) is 0 Å². The summed E-state index contributed by atoms with van der Waals surface area (Å²) in [6, 6.07) is 12.5. The van der Waals surface area contributed by atoms with Gasteiger partial charge in [0.15, 0.2) is 11.5 Å². The Morgan fingerprint density at radius 1 is 1.11 bits per heavy atom. The van der Waals surface area contributed by atoms with Gasteiger partial charge >= 0.3 is 6.61 Å². The van der Waals surface area contributed by atoms with Crippen molar-refractivity contribution in [1.82, 2.24) is 0 Å². The van der Waals surface area contributed by atoms with E-state index < -0.39 is 12.5 Å². The highest BCUT2D eigenvalue weighted by Gasteiger charge is 2.13. The van der Waals surface area contributed by atoms with Gasteiger partial charge in [-0.15, -0.1) is 0 Å². The number of nitrogens with one attached hydrogen (secondary N) is 1. The molecule has 0 spiro atoms. The third-order valence-corrected chi connectivity index (χ3v) is 3.43.